The molecule has 0 saturated heterocycles. The normalized spacial score (nSPS) is 6.30. The first-order valence-electron chi connectivity index (χ1n) is 1.15. The number of rotatable bonds is 0. The second-order valence-corrected chi connectivity index (χ2v) is 0.735. The Morgan fingerprint density at radius 2 is 0.700 bits per heavy atom. The van der Waals surface area contributed by atoms with E-state index in [0.29, 0.717) is 0 Å². The van der Waals surface area contributed by atoms with Crippen LogP contribution in [0.4, 0.5) is 0 Å². The summed E-state index contributed by atoms with van der Waals surface area (Å²) in [7, 11) is -2.50. The smallest absolute Gasteiger partial charge is 0.310 e. The molecule has 59 valence electrons. The van der Waals surface area contributed by atoms with E-state index >= 15 is 0 Å². The van der Waals surface area contributed by atoms with Crippen molar-refractivity contribution >= 4 is 26.1 Å². The number of hydrogen-bond acceptors (Lipinski definition) is 3. The maximum atomic E-state index is 8.46. The van der Waals surface area contributed by atoms with Crippen LogP contribution in [0.1, 0.15) is 0 Å². The van der Waals surface area contributed by atoms with Gasteiger partial charge in [0, 0.05) is 0 Å². The van der Waals surface area contributed by atoms with Crippen LogP contribution in [0.2, 0.25) is 0 Å². The van der Waals surface area contributed by atoms with E-state index in [0.717, 1.165) is 0 Å². The molecule has 0 amide bonds. The molecule has 3 N–H and O–H groups in total. The van der Waals surface area contributed by atoms with Gasteiger partial charge in [0.1, 0.15) is 0 Å². The van der Waals surface area contributed by atoms with Crippen molar-refractivity contribution in [3.05, 3.63) is 0 Å². The molecule has 0 heterocycles. The van der Waals surface area contributed by atoms with Gasteiger partial charge in [-0.15, -0.1) is 0 Å². The topological polar surface area (TPSA) is 112 Å². The summed E-state index contributed by atoms with van der Waals surface area (Å²) >= 11 is 0. The van der Waals surface area contributed by atoms with Crippen molar-refractivity contribution in [2.24, 2.45) is 0 Å². The average molecular weight is 293 g/mol. The van der Waals surface area contributed by atoms with Crippen LogP contribution in [-0.4, -0.2) is 14.7 Å². The zero-order valence-electron chi connectivity index (χ0n) is 4.26. The van der Waals surface area contributed by atoms with Gasteiger partial charge in [-0.05, 0) is 0 Å². The molecule has 0 fully saturated rings. The second-order valence-electron chi connectivity index (χ2n) is 0.245. The van der Waals surface area contributed by atoms with E-state index in [1.165, 1.54) is 0 Å². The van der Waals surface area contributed by atoms with Crippen LogP contribution in [0.3, 0.4) is 0 Å². The summed E-state index contributed by atoms with van der Waals surface area (Å²) in [6, 6.07) is 0. The van der Waals surface area contributed by atoms with Crippen LogP contribution in [0.15, 0.2) is 0 Å². The number of hydrogen-bond donors (Lipinski definition) is 3. The zero-order chi connectivity index (χ0) is 8.12. The molecule has 10 heavy (non-hydrogen) atoms. The maximum Gasteiger partial charge on any atom is 3.00 e. The van der Waals surface area contributed by atoms with Crippen molar-refractivity contribution in [3.8, 4) is 0 Å². The first kappa shape index (κ1) is 22.4. The molecule has 10 heteroatoms. The predicted molar refractivity (Wildman–Crippen MR) is 29.5 cm³/mol. The van der Waals surface area contributed by atoms with E-state index in [-0.39, 0.29) is 19.5 Å². The van der Waals surface area contributed by atoms with Gasteiger partial charge < -0.3 is 14.7 Å². The molecule has 0 spiro atoms. The fourth-order valence-corrected chi connectivity index (χ4v) is 0. The molecule has 0 aromatic rings. The third-order valence-corrected chi connectivity index (χ3v) is 0. The monoisotopic (exact) mass is 294 g/mol. The van der Waals surface area contributed by atoms with Gasteiger partial charge in [-0.3, -0.25) is 0 Å². The van der Waals surface area contributed by atoms with Crippen molar-refractivity contribution in [2.75, 3.05) is 0 Å². The van der Waals surface area contributed by atoms with E-state index in [1.54, 1.807) is 0 Å². The Labute approximate surface area is 74.3 Å². The van der Waals surface area contributed by atoms with Crippen molar-refractivity contribution < 1.29 is 47.9 Å². The Morgan fingerprint density at radius 1 is 0.700 bits per heavy atom. The SMILES string of the molecule is O=PO.O=PO.O=PO.[Ru+3]. The molecule has 0 aromatic carbocycles. The van der Waals surface area contributed by atoms with E-state index in [1.807, 2.05) is 0 Å². The van der Waals surface area contributed by atoms with Crippen LogP contribution in [0.25, 0.3) is 0 Å². The summed E-state index contributed by atoms with van der Waals surface area (Å²) < 4.78 is 25.4. The molecule has 0 atom stereocenters. The van der Waals surface area contributed by atoms with Gasteiger partial charge in [0.05, 0.1) is 0 Å². The zero-order valence-corrected chi connectivity index (χ0v) is 8.68. The van der Waals surface area contributed by atoms with Crippen LogP contribution < -0.4 is 0 Å². The van der Waals surface area contributed by atoms with Crippen LogP contribution in [0, 0.1) is 0 Å². The molecule has 0 saturated carbocycles. The van der Waals surface area contributed by atoms with Crippen molar-refractivity contribution in [1.29, 1.82) is 0 Å². The van der Waals surface area contributed by atoms with Crippen molar-refractivity contribution in [1.82, 2.24) is 0 Å². The first-order valence-corrected chi connectivity index (χ1v) is 3.44. The van der Waals surface area contributed by atoms with E-state index in [4.69, 9.17) is 28.4 Å². The third kappa shape index (κ3) is 831. The van der Waals surface area contributed by atoms with Crippen LogP contribution in [-0.2, 0) is 33.2 Å². The van der Waals surface area contributed by atoms with E-state index in [9.17, 15) is 0 Å². The van der Waals surface area contributed by atoms with Crippen LogP contribution in [0.5, 0.6) is 0 Å². The molecule has 1 radical (unpaired) electrons. The summed E-state index contributed by atoms with van der Waals surface area (Å²) in [6.45, 7) is 0. The largest absolute Gasteiger partial charge is 3.00 e. The minimum absolute atomic E-state index is 0. The first-order chi connectivity index (χ1) is 4.24. The van der Waals surface area contributed by atoms with E-state index < -0.39 is 26.1 Å². The van der Waals surface area contributed by atoms with Crippen molar-refractivity contribution in [3.63, 3.8) is 0 Å². The van der Waals surface area contributed by atoms with Crippen molar-refractivity contribution in [2.45, 2.75) is 0 Å². The second kappa shape index (κ2) is 52.5. The van der Waals surface area contributed by atoms with Gasteiger partial charge in [-0.25, -0.2) is 13.7 Å². The summed E-state index contributed by atoms with van der Waals surface area (Å²) in [5.41, 5.74) is 0. The summed E-state index contributed by atoms with van der Waals surface area (Å²) in [4.78, 5) is 21.0. The quantitative estimate of drug-likeness (QED) is 0.444. The molecule has 0 aliphatic rings. The van der Waals surface area contributed by atoms with Gasteiger partial charge in [0.15, 0.2) is 0 Å². The maximum absolute atomic E-state index is 8.46. The fourth-order valence-electron chi connectivity index (χ4n) is 0. The Morgan fingerprint density at radius 3 is 0.700 bits per heavy atom. The molecule has 0 aromatic heterocycles. The Hall–Kier alpha value is 0.803. The van der Waals surface area contributed by atoms with Gasteiger partial charge in [0.2, 0.25) is 0 Å². The minimum atomic E-state index is -0.833. The van der Waals surface area contributed by atoms with Gasteiger partial charge in [0.25, 0.3) is 0 Å². The van der Waals surface area contributed by atoms with Gasteiger partial charge in [-0.2, -0.15) is 0 Å². The molecule has 0 unspecified atom stereocenters. The summed E-state index contributed by atoms with van der Waals surface area (Å²) in [6.07, 6.45) is 0. The molecule has 0 bridgehead atoms. The van der Waals surface area contributed by atoms with Gasteiger partial charge in [-0.1, -0.05) is 0 Å². The summed E-state index contributed by atoms with van der Waals surface area (Å²) in [5.74, 6) is 0. The minimum Gasteiger partial charge on any atom is -0.310 e. The standard InChI is InChI=1S/3HO2P.Ru/c3*1-3-2;/h3*(H,1,2);/q;;;+3. The molecule has 6 nitrogen and oxygen atoms in total. The third-order valence-electron chi connectivity index (χ3n) is 0. The molecular weight excluding hydrogens is 290 g/mol. The summed E-state index contributed by atoms with van der Waals surface area (Å²) in [5, 5.41) is 0. The molecule has 0 aliphatic carbocycles. The van der Waals surface area contributed by atoms with Crippen LogP contribution >= 0.6 is 26.1 Å². The molecule has 0 aliphatic heterocycles. The fraction of sp³-hybridized carbons (Fsp3) is 0. The predicted octanol–water partition coefficient (Wildman–Crippen LogP) is 0.554. The van der Waals surface area contributed by atoms with Gasteiger partial charge >= 0.3 is 45.5 Å². The Balaban J connectivity index is -0.0000000257. The average Bonchev–Trinajstić information content (AvgIpc) is 1.70. The van der Waals surface area contributed by atoms with E-state index in [2.05, 4.69) is 0 Å². The molecule has 0 rings (SSSR count). The Kier molecular flexibility index (Phi) is 118. The Bertz CT molecular complexity index is 49.7. The molecular formula is H3O6P3Ru+3.